The second-order valence-corrected chi connectivity index (χ2v) is 8.73. The molecule has 3 N–H and O–H groups in total. The van der Waals surface area contributed by atoms with E-state index in [-0.39, 0.29) is 16.8 Å². The SMILES string of the molecule is CNc1cccc(C(=O)C2=C(O)C(=O)N(c3cccc(Cl)c3)C23C(=O)Nc2cc(Cl)ccc23)c1. The van der Waals surface area contributed by atoms with E-state index in [9.17, 15) is 19.5 Å². The first-order valence-corrected chi connectivity index (χ1v) is 11.0. The normalized spacial score (nSPS) is 19.0. The molecule has 2 amide bonds. The fourth-order valence-corrected chi connectivity index (χ4v) is 4.90. The topological polar surface area (TPSA) is 98.7 Å². The molecule has 0 saturated carbocycles. The van der Waals surface area contributed by atoms with Crippen LogP contribution in [0, 0.1) is 0 Å². The number of Topliss-reactive ketones (excluding diaryl/α,β-unsaturated/α-hetero) is 1. The number of halogens is 2. The number of nitrogens with one attached hydrogen (secondary N) is 2. The number of anilines is 3. The molecule has 34 heavy (non-hydrogen) atoms. The molecule has 1 unspecified atom stereocenters. The molecule has 2 aliphatic heterocycles. The fraction of sp³-hybridized carbons (Fsp3) is 0.0800. The van der Waals surface area contributed by atoms with Crippen molar-refractivity contribution in [1.29, 1.82) is 0 Å². The Morgan fingerprint density at radius 1 is 1.00 bits per heavy atom. The average Bonchev–Trinajstić information content (AvgIpc) is 3.23. The van der Waals surface area contributed by atoms with Crippen molar-refractivity contribution in [2.24, 2.45) is 0 Å². The molecule has 0 saturated heterocycles. The van der Waals surface area contributed by atoms with Crippen molar-refractivity contribution in [2.75, 3.05) is 22.6 Å². The predicted molar refractivity (Wildman–Crippen MR) is 131 cm³/mol. The Labute approximate surface area is 204 Å². The molecule has 0 radical (unpaired) electrons. The third kappa shape index (κ3) is 3.01. The minimum absolute atomic E-state index is 0.198. The molecule has 5 rings (SSSR count). The maximum absolute atomic E-state index is 13.8. The van der Waals surface area contributed by atoms with Crippen LogP contribution >= 0.6 is 23.2 Å². The molecule has 3 aromatic rings. The van der Waals surface area contributed by atoms with Gasteiger partial charge in [0, 0.05) is 45.3 Å². The molecule has 2 aliphatic rings. The van der Waals surface area contributed by atoms with Gasteiger partial charge in [-0.05, 0) is 42.5 Å². The van der Waals surface area contributed by atoms with Crippen LogP contribution in [-0.2, 0) is 15.1 Å². The summed E-state index contributed by atoms with van der Waals surface area (Å²) < 4.78 is 0. The van der Waals surface area contributed by atoms with Gasteiger partial charge in [0.05, 0.1) is 5.57 Å². The largest absolute Gasteiger partial charge is 0.503 e. The van der Waals surface area contributed by atoms with Gasteiger partial charge in [0.25, 0.3) is 11.8 Å². The van der Waals surface area contributed by atoms with E-state index in [2.05, 4.69) is 10.6 Å². The lowest BCUT2D eigenvalue weighted by atomic mass is 9.80. The van der Waals surface area contributed by atoms with Gasteiger partial charge in [-0.15, -0.1) is 0 Å². The zero-order valence-electron chi connectivity index (χ0n) is 17.7. The van der Waals surface area contributed by atoms with Gasteiger partial charge < -0.3 is 15.7 Å². The highest BCUT2D eigenvalue weighted by atomic mass is 35.5. The Kier molecular flexibility index (Phi) is 5.11. The van der Waals surface area contributed by atoms with Gasteiger partial charge in [-0.2, -0.15) is 0 Å². The zero-order chi connectivity index (χ0) is 24.2. The van der Waals surface area contributed by atoms with Gasteiger partial charge in [-0.3, -0.25) is 19.3 Å². The minimum Gasteiger partial charge on any atom is -0.503 e. The Bertz CT molecular complexity index is 1440. The third-order valence-electron chi connectivity index (χ3n) is 5.99. The number of benzene rings is 3. The molecule has 0 aliphatic carbocycles. The predicted octanol–water partition coefficient (Wildman–Crippen LogP) is 4.92. The van der Waals surface area contributed by atoms with Gasteiger partial charge in [0.2, 0.25) is 0 Å². The summed E-state index contributed by atoms with van der Waals surface area (Å²) in [6.07, 6.45) is 0. The standard InChI is InChI=1S/C25H17Cl2N3O4/c1-28-16-6-2-4-13(10-16)21(31)20-22(32)23(33)30(17-7-3-5-14(26)11-17)25(20)18-9-8-15(27)12-19(18)29-24(25)34/h2-12,28,32H,1H3,(H,29,34). The van der Waals surface area contributed by atoms with Crippen molar-refractivity contribution >= 4 is 57.9 Å². The number of amides is 2. The first-order chi connectivity index (χ1) is 16.3. The fourth-order valence-electron chi connectivity index (χ4n) is 4.55. The van der Waals surface area contributed by atoms with E-state index in [0.717, 1.165) is 4.90 Å². The molecule has 0 bridgehead atoms. The average molecular weight is 494 g/mol. The molecule has 170 valence electrons. The monoisotopic (exact) mass is 493 g/mol. The van der Waals surface area contributed by atoms with Crippen molar-refractivity contribution in [3.63, 3.8) is 0 Å². The van der Waals surface area contributed by atoms with E-state index < -0.39 is 28.9 Å². The molecule has 7 nitrogen and oxygen atoms in total. The molecule has 1 spiro atoms. The highest BCUT2D eigenvalue weighted by Crippen LogP contribution is 2.53. The van der Waals surface area contributed by atoms with Crippen LogP contribution in [0.2, 0.25) is 10.0 Å². The van der Waals surface area contributed by atoms with Gasteiger partial charge in [-0.25, -0.2) is 0 Å². The summed E-state index contributed by atoms with van der Waals surface area (Å²) in [7, 11) is 1.70. The van der Waals surface area contributed by atoms with Crippen LogP contribution in [-0.4, -0.2) is 29.8 Å². The number of aliphatic hydroxyl groups is 1. The summed E-state index contributed by atoms with van der Waals surface area (Å²) in [5, 5.41) is 17.4. The quantitative estimate of drug-likeness (QED) is 0.447. The van der Waals surface area contributed by atoms with Crippen LogP contribution in [0.25, 0.3) is 0 Å². The number of hydrogen-bond acceptors (Lipinski definition) is 5. The van der Waals surface area contributed by atoms with Crippen molar-refractivity contribution < 1.29 is 19.5 Å². The molecular formula is C25H17Cl2N3O4. The number of carbonyl (C=O) groups is 3. The summed E-state index contributed by atoms with van der Waals surface area (Å²) in [6, 6.07) is 17.5. The van der Waals surface area contributed by atoms with E-state index >= 15 is 0 Å². The first kappa shape index (κ1) is 22.0. The highest BCUT2D eigenvalue weighted by molar-refractivity contribution is 6.34. The lowest BCUT2D eigenvalue weighted by Gasteiger charge is -2.35. The number of ketones is 1. The third-order valence-corrected chi connectivity index (χ3v) is 6.46. The van der Waals surface area contributed by atoms with Crippen LogP contribution in [0.5, 0.6) is 0 Å². The number of carbonyl (C=O) groups excluding carboxylic acids is 3. The molecule has 3 aromatic carbocycles. The summed E-state index contributed by atoms with van der Waals surface area (Å²) >= 11 is 12.3. The number of nitrogens with zero attached hydrogens (tertiary/aromatic N) is 1. The first-order valence-electron chi connectivity index (χ1n) is 10.3. The van der Waals surface area contributed by atoms with E-state index in [0.29, 0.717) is 27.0 Å². The lowest BCUT2D eigenvalue weighted by Crippen LogP contribution is -2.52. The van der Waals surface area contributed by atoms with Gasteiger partial charge in [0.1, 0.15) is 0 Å². The molecule has 1 atom stereocenters. The number of aliphatic hydroxyl groups excluding tert-OH is 1. The van der Waals surface area contributed by atoms with E-state index in [4.69, 9.17) is 23.2 Å². The Balaban J connectivity index is 1.81. The summed E-state index contributed by atoms with van der Waals surface area (Å²) in [5.74, 6) is -3.04. The summed E-state index contributed by atoms with van der Waals surface area (Å²) in [6.45, 7) is 0. The minimum atomic E-state index is -1.96. The number of fused-ring (bicyclic) bond motifs is 2. The number of hydrogen-bond donors (Lipinski definition) is 3. The van der Waals surface area contributed by atoms with Crippen molar-refractivity contribution in [1.82, 2.24) is 0 Å². The smallest absolute Gasteiger partial charge is 0.295 e. The highest BCUT2D eigenvalue weighted by Gasteiger charge is 2.64. The van der Waals surface area contributed by atoms with Gasteiger partial charge in [-0.1, -0.05) is 47.5 Å². The van der Waals surface area contributed by atoms with E-state index in [1.165, 1.54) is 12.1 Å². The molecule has 2 heterocycles. The Hall–Kier alpha value is -3.81. The van der Waals surface area contributed by atoms with Crippen LogP contribution in [0.4, 0.5) is 17.1 Å². The second kappa shape index (κ2) is 7.90. The summed E-state index contributed by atoms with van der Waals surface area (Å²) in [4.78, 5) is 42.1. The Morgan fingerprint density at radius 2 is 1.74 bits per heavy atom. The Morgan fingerprint density at radius 3 is 2.47 bits per heavy atom. The second-order valence-electron chi connectivity index (χ2n) is 7.86. The van der Waals surface area contributed by atoms with Crippen molar-refractivity contribution in [2.45, 2.75) is 5.54 Å². The van der Waals surface area contributed by atoms with Crippen LogP contribution in [0.15, 0.2) is 78.1 Å². The molecular weight excluding hydrogens is 477 g/mol. The van der Waals surface area contributed by atoms with Crippen molar-refractivity contribution in [3.8, 4) is 0 Å². The van der Waals surface area contributed by atoms with Crippen molar-refractivity contribution in [3.05, 3.63) is 99.2 Å². The van der Waals surface area contributed by atoms with E-state index in [1.54, 1.807) is 61.6 Å². The maximum Gasteiger partial charge on any atom is 0.295 e. The molecule has 0 aromatic heterocycles. The zero-order valence-corrected chi connectivity index (χ0v) is 19.2. The van der Waals surface area contributed by atoms with Gasteiger partial charge >= 0.3 is 0 Å². The molecule has 9 heteroatoms. The molecule has 0 fully saturated rings. The van der Waals surface area contributed by atoms with E-state index in [1.807, 2.05) is 0 Å². The van der Waals surface area contributed by atoms with Gasteiger partial charge in [0.15, 0.2) is 17.1 Å². The van der Waals surface area contributed by atoms with Crippen LogP contribution in [0.1, 0.15) is 15.9 Å². The lowest BCUT2D eigenvalue weighted by molar-refractivity contribution is -0.123. The maximum atomic E-state index is 13.8. The van der Waals surface area contributed by atoms with Crippen LogP contribution < -0.4 is 15.5 Å². The number of rotatable bonds is 4. The summed E-state index contributed by atoms with van der Waals surface area (Å²) in [5.41, 5.74) is -0.562. The van der Waals surface area contributed by atoms with Crippen LogP contribution in [0.3, 0.4) is 0 Å².